The lowest BCUT2D eigenvalue weighted by Gasteiger charge is -2.26. The third-order valence-electron chi connectivity index (χ3n) is 4.53. The number of aromatic nitrogens is 1. The SMILES string of the molecule is COc1ccc2nc(NCCCCN3CCOCC3)cc(C)c2c1. The quantitative estimate of drug-likeness (QED) is 0.791. The van der Waals surface area contributed by atoms with Crippen LogP contribution < -0.4 is 10.1 Å². The lowest BCUT2D eigenvalue weighted by atomic mass is 10.1. The first-order valence-electron chi connectivity index (χ1n) is 8.75. The molecule has 0 atom stereocenters. The maximum atomic E-state index is 5.38. The van der Waals surface area contributed by atoms with Gasteiger partial charge in [0.2, 0.25) is 0 Å². The zero-order chi connectivity index (χ0) is 16.8. The van der Waals surface area contributed by atoms with Crippen LogP contribution in [0.3, 0.4) is 0 Å². The molecular weight excluding hydrogens is 302 g/mol. The largest absolute Gasteiger partial charge is 0.497 e. The molecule has 1 aromatic heterocycles. The molecule has 0 radical (unpaired) electrons. The lowest BCUT2D eigenvalue weighted by Crippen LogP contribution is -2.36. The van der Waals surface area contributed by atoms with Crippen molar-refractivity contribution in [3.8, 4) is 5.75 Å². The number of nitrogens with zero attached hydrogens (tertiary/aromatic N) is 2. The van der Waals surface area contributed by atoms with E-state index in [4.69, 9.17) is 14.5 Å². The minimum atomic E-state index is 0.872. The van der Waals surface area contributed by atoms with Gasteiger partial charge in [-0.05, 0) is 56.1 Å². The molecule has 130 valence electrons. The Hall–Kier alpha value is -1.85. The number of pyridine rings is 1. The fourth-order valence-electron chi connectivity index (χ4n) is 3.09. The number of hydrogen-bond acceptors (Lipinski definition) is 5. The van der Waals surface area contributed by atoms with Gasteiger partial charge in [0, 0.05) is 25.0 Å². The molecular formula is C19H27N3O2. The molecule has 0 spiro atoms. The Kier molecular flexibility index (Phi) is 5.88. The van der Waals surface area contributed by atoms with Gasteiger partial charge in [-0.25, -0.2) is 4.98 Å². The van der Waals surface area contributed by atoms with Crippen LogP contribution in [0.15, 0.2) is 24.3 Å². The monoisotopic (exact) mass is 329 g/mol. The summed E-state index contributed by atoms with van der Waals surface area (Å²) in [4.78, 5) is 7.19. The number of ether oxygens (including phenoxy) is 2. The molecule has 24 heavy (non-hydrogen) atoms. The van der Waals surface area contributed by atoms with Crippen LogP contribution >= 0.6 is 0 Å². The number of nitrogens with one attached hydrogen (secondary N) is 1. The summed E-state index contributed by atoms with van der Waals surface area (Å²) in [6, 6.07) is 8.14. The Morgan fingerprint density at radius 2 is 2.04 bits per heavy atom. The molecule has 0 bridgehead atoms. The zero-order valence-corrected chi connectivity index (χ0v) is 14.7. The number of benzene rings is 1. The van der Waals surface area contributed by atoms with E-state index >= 15 is 0 Å². The Labute approximate surface area is 144 Å². The standard InChI is InChI=1S/C19H27N3O2/c1-15-13-19(21-18-6-5-16(23-2)14-17(15)18)20-7-3-4-8-22-9-11-24-12-10-22/h5-6,13-14H,3-4,7-12H2,1-2H3,(H,20,21). The smallest absolute Gasteiger partial charge is 0.126 e. The van der Waals surface area contributed by atoms with Crippen LogP contribution in [-0.4, -0.2) is 56.4 Å². The van der Waals surface area contributed by atoms with Gasteiger partial charge in [0.05, 0.1) is 25.8 Å². The van der Waals surface area contributed by atoms with Crippen molar-refractivity contribution >= 4 is 16.7 Å². The first-order chi connectivity index (χ1) is 11.8. The van der Waals surface area contributed by atoms with Crippen LogP contribution in [0.5, 0.6) is 5.75 Å². The third-order valence-corrected chi connectivity index (χ3v) is 4.53. The number of anilines is 1. The van der Waals surface area contributed by atoms with E-state index in [-0.39, 0.29) is 0 Å². The van der Waals surface area contributed by atoms with Crippen molar-refractivity contribution in [2.75, 3.05) is 51.8 Å². The number of methoxy groups -OCH3 is 1. The van der Waals surface area contributed by atoms with E-state index < -0.39 is 0 Å². The molecule has 1 N–H and O–H groups in total. The highest BCUT2D eigenvalue weighted by molar-refractivity contribution is 5.85. The molecule has 1 aliphatic rings. The van der Waals surface area contributed by atoms with Gasteiger partial charge in [-0.1, -0.05) is 0 Å². The first kappa shape index (κ1) is 17.0. The second-order valence-electron chi connectivity index (χ2n) is 6.30. The van der Waals surface area contributed by atoms with Crippen LogP contribution in [0.2, 0.25) is 0 Å². The summed E-state index contributed by atoms with van der Waals surface area (Å²) in [5, 5.41) is 4.60. The molecule has 2 aromatic rings. The van der Waals surface area contributed by atoms with Crippen LogP contribution in [0, 0.1) is 6.92 Å². The van der Waals surface area contributed by atoms with E-state index in [1.54, 1.807) is 7.11 Å². The summed E-state index contributed by atoms with van der Waals surface area (Å²) in [7, 11) is 1.69. The molecule has 1 aromatic carbocycles. The zero-order valence-electron chi connectivity index (χ0n) is 14.7. The first-order valence-corrected chi connectivity index (χ1v) is 8.75. The molecule has 0 saturated carbocycles. The van der Waals surface area contributed by atoms with Crippen molar-refractivity contribution in [1.82, 2.24) is 9.88 Å². The number of hydrogen-bond donors (Lipinski definition) is 1. The van der Waals surface area contributed by atoms with E-state index in [0.29, 0.717) is 0 Å². The second-order valence-corrected chi connectivity index (χ2v) is 6.30. The molecule has 1 aliphatic heterocycles. The van der Waals surface area contributed by atoms with Gasteiger partial charge in [0.1, 0.15) is 11.6 Å². The lowest BCUT2D eigenvalue weighted by molar-refractivity contribution is 0.0373. The van der Waals surface area contributed by atoms with Crippen molar-refractivity contribution in [1.29, 1.82) is 0 Å². The topological polar surface area (TPSA) is 46.6 Å². The number of aryl methyl sites for hydroxylation is 1. The predicted octanol–water partition coefficient (Wildman–Crippen LogP) is 3.08. The van der Waals surface area contributed by atoms with Gasteiger partial charge in [-0.3, -0.25) is 4.90 Å². The van der Waals surface area contributed by atoms with Crippen LogP contribution in [0.25, 0.3) is 10.9 Å². The number of rotatable bonds is 7. The fourth-order valence-corrected chi connectivity index (χ4v) is 3.09. The third kappa shape index (κ3) is 4.36. The van der Waals surface area contributed by atoms with Gasteiger partial charge < -0.3 is 14.8 Å². The molecule has 3 rings (SSSR count). The summed E-state index contributed by atoms with van der Waals surface area (Å²) >= 11 is 0. The van der Waals surface area contributed by atoms with Crippen LogP contribution in [-0.2, 0) is 4.74 Å². The summed E-state index contributed by atoms with van der Waals surface area (Å²) in [5.74, 6) is 1.83. The summed E-state index contributed by atoms with van der Waals surface area (Å²) in [5.41, 5.74) is 2.22. The van der Waals surface area contributed by atoms with Crippen molar-refractivity contribution in [3.63, 3.8) is 0 Å². The second kappa shape index (κ2) is 8.31. The maximum Gasteiger partial charge on any atom is 0.126 e. The highest BCUT2D eigenvalue weighted by atomic mass is 16.5. The average Bonchev–Trinajstić information content (AvgIpc) is 2.62. The van der Waals surface area contributed by atoms with Gasteiger partial charge in [-0.15, -0.1) is 0 Å². The summed E-state index contributed by atoms with van der Waals surface area (Å²) in [6.45, 7) is 8.14. The minimum absolute atomic E-state index is 0.872. The molecule has 2 heterocycles. The van der Waals surface area contributed by atoms with Crippen molar-refractivity contribution in [2.45, 2.75) is 19.8 Å². The normalized spacial score (nSPS) is 15.6. The van der Waals surface area contributed by atoms with Gasteiger partial charge >= 0.3 is 0 Å². The van der Waals surface area contributed by atoms with E-state index in [9.17, 15) is 0 Å². The molecule has 1 saturated heterocycles. The number of fused-ring (bicyclic) bond motifs is 1. The Balaban J connectivity index is 1.50. The minimum Gasteiger partial charge on any atom is -0.497 e. The fraction of sp³-hybridized carbons (Fsp3) is 0.526. The predicted molar refractivity (Wildman–Crippen MR) is 98.0 cm³/mol. The summed E-state index contributed by atoms with van der Waals surface area (Å²) in [6.07, 6.45) is 2.36. The number of unbranched alkanes of at least 4 members (excludes halogenated alkanes) is 1. The van der Waals surface area contributed by atoms with Crippen molar-refractivity contribution < 1.29 is 9.47 Å². The number of morpholine rings is 1. The summed E-state index contributed by atoms with van der Waals surface area (Å²) < 4.78 is 10.7. The average molecular weight is 329 g/mol. The van der Waals surface area contributed by atoms with Crippen molar-refractivity contribution in [2.24, 2.45) is 0 Å². The Morgan fingerprint density at radius 1 is 1.21 bits per heavy atom. The molecule has 0 aliphatic carbocycles. The molecule has 5 heteroatoms. The molecule has 0 amide bonds. The maximum absolute atomic E-state index is 5.38. The van der Waals surface area contributed by atoms with E-state index in [1.165, 1.54) is 12.0 Å². The van der Waals surface area contributed by atoms with Crippen LogP contribution in [0.4, 0.5) is 5.82 Å². The van der Waals surface area contributed by atoms with E-state index in [2.05, 4.69) is 23.2 Å². The van der Waals surface area contributed by atoms with Gasteiger partial charge in [0.15, 0.2) is 0 Å². The van der Waals surface area contributed by atoms with Crippen molar-refractivity contribution in [3.05, 3.63) is 29.8 Å². The van der Waals surface area contributed by atoms with E-state index in [1.807, 2.05) is 18.2 Å². The van der Waals surface area contributed by atoms with Crippen LogP contribution in [0.1, 0.15) is 18.4 Å². The molecule has 1 fully saturated rings. The molecule has 5 nitrogen and oxygen atoms in total. The highest BCUT2D eigenvalue weighted by Gasteiger charge is 2.09. The molecule has 0 unspecified atom stereocenters. The highest BCUT2D eigenvalue weighted by Crippen LogP contribution is 2.24. The van der Waals surface area contributed by atoms with E-state index in [0.717, 1.165) is 68.3 Å². The Bertz CT molecular complexity index is 669. The van der Waals surface area contributed by atoms with Gasteiger partial charge in [-0.2, -0.15) is 0 Å². The van der Waals surface area contributed by atoms with Gasteiger partial charge in [0.25, 0.3) is 0 Å². The Morgan fingerprint density at radius 3 is 2.83 bits per heavy atom.